The van der Waals surface area contributed by atoms with Gasteiger partial charge in [0.2, 0.25) is 10.0 Å². The molecule has 2 rings (SSSR count). The minimum atomic E-state index is -3.57. The van der Waals surface area contributed by atoms with E-state index in [0.29, 0.717) is 18.7 Å². The average Bonchev–Trinajstić information content (AvgIpc) is 2.61. The molecule has 0 aliphatic heterocycles. The fraction of sp³-hybridized carbons (Fsp3) is 0.611. The van der Waals surface area contributed by atoms with Gasteiger partial charge in [0.1, 0.15) is 0 Å². The molecule has 25 heavy (non-hydrogen) atoms. The molecular weight excluding hydrogens is 338 g/mol. The zero-order chi connectivity index (χ0) is 18.4. The van der Waals surface area contributed by atoms with Crippen molar-refractivity contribution in [1.29, 1.82) is 0 Å². The Morgan fingerprint density at radius 3 is 2.20 bits per heavy atom. The topological polar surface area (TPSA) is 69.7 Å². The first-order chi connectivity index (χ1) is 11.9. The van der Waals surface area contributed by atoms with Gasteiger partial charge in [-0.05, 0) is 51.2 Å². The first kappa shape index (κ1) is 19.9. The summed E-state index contributed by atoms with van der Waals surface area (Å²) >= 11 is 0. The van der Waals surface area contributed by atoms with Crippen LogP contribution in [0.5, 0.6) is 0 Å². The summed E-state index contributed by atoms with van der Waals surface area (Å²) in [4.78, 5) is 13.9. The average molecular weight is 368 g/mol. The van der Waals surface area contributed by atoms with E-state index >= 15 is 0 Å². The summed E-state index contributed by atoms with van der Waals surface area (Å²) in [6, 6.07) is 6.27. The zero-order valence-corrected chi connectivity index (χ0v) is 16.2. The van der Waals surface area contributed by atoms with Crippen molar-refractivity contribution < 1.29 is 13.2 Å². The minimum absolute atomic E-state index is 0.0670. The van der Waals surface area contributed by atoms with E-state index < -0.39 is 10.0 Å². The van der Waals surface area contributed by atoms with Crippen molar-refractivity contribution in [2.75, 3.05) is 34.2 Å². The Hall–Kier alpha value is -1.44. The van der Waals surface area contributed by atoms with Crippen molar-refractivity contribution >= 4 is 15.9 Å². The summed E-state index contributed by atoms with van der Waals surface area (Å²) in [5.41, 5.74) is 0.457. The van der Waals surface area contributed by atoms with Gasteiger partial charge in [-0.3, -0.25) is 4.79 Å². The molecule has 0 radical (unpaired) electrons. The van der Waals surface area contributed by atoms with Crippen LogP contribution in [0.15, 0.2) is 29.2 Å². The molecule has 1 amide bonds. The lowest BCUT2D eigenvalue weighted by atomic mass is 9.95. The molecular formula is C18H29N3O3S. The number of hydrogen-bond donors (Lipinski definition) is 1. The van der Waals surface area contributed by atoms with Gasteiger partial charge in [0.15, 0.2) is 0 Å². The molecule has 1 aliphatic rings. The smallest absolute Gasteiger partial charge is 0.251 e. The maximum atomic E-state index is 13.2. The van der Waals surface area contributed by atoms with Crippen LogP contribution in [0.4, 0.5) is 0 Å². The maximum Gasteiger partial charge on any atom is 0.251 e. The van der Waals surface area contributed by atoms with E-state index in [0.717, 1.165) is 25.7 Å². The Labute approximate surface area is 151 Å². The predicted octanol–water partition coefficient (Wildman–Crippen LogP) is 1.93. The Morgan fingerprint density at radius 1 is 1.08 bits per heavy atom. The lowest BCUT2D eigenvalue weighted by molar-refractivity contribution is 0.0963. The molecule has 0 spiro atoms. The molecule has 1 N–H and O–H groups in total. The van der Waals surface area contributed by atoms with Crippen LogP contribution in [0.3, 0.4) is 0 Å². The highest BCUT2D eigenvalue weighted by Crippen LogP contribution is 2.27. The fourth-order valence-electron chi connectivity index (χ4n) is 3.22. The van der Waals surface area contributed by atoms with Crippen LogP contribution in [0.1, 0.15) is 42.5 Å². The third-order valence-corrected chi connectivity index (χ3v) is 6.67. The summed E-state index contributed by atoms with van der Waals surface area (Å²) in [7, 11) is 1.88. The van der Waals surface area contributed by atoms with Crippen molar-refractivity contribution in [3.05, 3.63) is 29.8 Å². The molecule has 0 atom stereocenters. The first-order valence-corrected chi connectivity index (χ1v) is 10.3. The molecule has 1 aromatic carbocycles. The van der Waals surface area contributed by atoms with E-state index in [1.165, 1.54) is 18.6 Å². The highest BCUT2D eigenvalue weighted by molar-refractivity contribution is 7.89. The van der Waals surface area contributed by atoms with E-state index in [9.17, 15) is 13.2 Å². The van der Waals surface area contributed by atoms with Crippen molar-refractivity contribution in [1.82, 2.24) is 14.5 Å². The summed E-state index contributed by atoms with van der Waals surface area (Å²) in [6.45, 7) is 1.17. The van der Waals surface area contributed by atoms with Gasteiger partial charge in [0.05, 0.1) is 4.90 Å². The molecule has 1 fully saturated rings. The van der Waals surface area contributed by atoms with Crippen molar-refractivity contribution in [3.63, 3.8) is 0 Å². The van der Waals surface area contributed by atoms with Crippen molar-refractivity contribution in [2.24, 2.45) is 0 Å². The van der Waals surface area contributed by atoms with Crippen LogP contribution >= 0.6 is 0 Å². The van der Waals surface area contributed by atoms with Gasteiger partial charge in [-0.1, -0.05) is 19.3 Å². The number of nitrogens with zero attached hydrogens (tertiary/aromatic N) is 2. The monoisotopic (exact) mass is 367 g/mol. The molecule has 0 unspecified atom stereocenters. The van der Waals surface area contributed by atoms with E-state index in [1.807, 2.05) is 19.0 Å². The summed E-state index contributed by atoms with van der Waals surface area (Å²) in [6.07, 6.45) is 5.17. The number of carbonyl (C=O) groups excluding carboxylic acids is 1. The number of benzene rings is 1. The van der Waals surface area contributed by atoms with Crippen LogP contribution < -0.4 is 5.32 Å². The molecule has 1 saturated carbocycles. The molecule has 0 saturated heterocycles. The van der Waals surface area contributed by atoms with E-state index in [-0.39, 0.29) is 16.8 Å². The number of likely N-dealkylation sites (N-methyl/N-ethyl adjacent to an activating group) is 1. The Balaban J connectivity index is 2.27. The largest absolute Gasteiger partial charge is 0.355 e. The second-order valence-corrected chi connectivity index (χ2v) is 8.70. The zero-order valence-electron chi connectivity index (χ0n) is 15.4. The molecule has 0 heterocycles. The highest BCUT2D eigenvalue weighted by Gasteiger charge is 2.32. The van der Waals surface area contributed by atoms with Gasteiger partial charge in [0, 0.05) is 31.7 Å². The summed E-state index contributed by atoms with van der Waals surface area (Å²) < 4.78 is 28.1. The third-order valence-electron chi connectivity index (χ3n) is 4.70. The van der Waals surface area contributed by atoms with Crippen molar-refractivity contribution in [3.8, 4) is 0 Å². The van der Waals surface area contributed by atoms with Crippen LogP contribution in [-0.2, 0) is 10.0 Å². The van der Waals surface area contributed by atoms with Crippen molar-refractivity contribution in [2.45, 2.75) is 43.0 Å². The maximum absolute atomic E-state index is 13.2. The molecule has 0 aromatic heterocycles. The minimum Gasteiger partial charge on any atom is -0.355 e. The molecule has 0 bridgehead atoms. The number of hydrogen-bond acceptors (Lipinski definition) is 4. The summed E-state index contributed by atoms with van der Waals surface area (Å²) in [5, 5.41) is 2.54. The first-order valence-electron chi connectivity index (χ1n) is 8.85. The highest BCUT2D eigenvalue weighted by atomic mass is 32.2. The van der Waals surface area contributed by atoms with E-state index in [1.54, 1.807) is 23.5 Å². The van der Waals surface area contributed by atoms with Gasteiger partial charge in [-0.15, -0.1) is 0 Å². The summed E-state index contributed by atoms with van der Waals surface area (Å²) in [5.74, 6) is -0.222. The van der Waals surface area contributed by atoms with Gasteiger partial charge < -0.3 is 10.2 Å². The molecule has 6 nitrogen and oxygen atoms in total. The van der Waals surface area contributed by atoms with Gasteiger partial charge in [0.25, 0.3) is 5.91 Å². The molecule has 7 heteroatoms. The van der Waals surface area contributed by atoms with E-state index in [4.69, 9.17) is 0 Å². The quantitative estimate of drug-likeness (QED) is 0.799. The van der Waals surface area contributed by atoms with Crippen LogP contribution in [0.2, 0.25) is 0 Å². The van der Waals surface area contributed by atoms with Crippen LogP contribution in [-0.4, -0.2) is 63.8 Å². The van der Waals surface area contributed by atoms with Crippen LogP contribution in [0.25, 0.3) is 0 Å². The molecule has 140 valence electrons. The number of amides is 1. The normalized spacial score (nSPS) is 16.4. The Kier molecular flexibility index (Phi) is 6.98. The number of sulfonamides is 1. The molecule has 1 aliphatic carbocycles. The fourth-order valence-corrected chi connectivity index (χ4v) is 4.90. The lowest BCUT2D eigenvalue weighted by Crippen LogP contribution is -2.44. The SMILES string of the molecule is CNC(=O)c1ccc(S(=O)(=O)N(CCN(C)C)C2CCCCC2)cc1. The lowest BCUT2D eigenvalue weighted by Gasteiger charge is -2.34. The van der Waals surface area contributed by atoms with Gasteiger partial charge >= 0.3 is 0 Å². The second kappa shape index (κ2) is 8.78. The second-order valence-electron chi connectivity index (χ2n) is 6.81. The predicted molar refractivity (Wildman–Crippen MR) is 99.2 cm³/mol. The number of nitrogens with one attached hydrogen (secondary N) is 1. The number of carbonyl (C=O) groups is 1. The third kappa shape index (κ3) is 5.03. The van der Waals surface area contributed by atoms with Gasteiger partial charge in [-0.25, -0.2) is 8.42 Å². The van der Waals surface area contributed by atoms with Gasteiger partial charge in [-0.2, -0.15) is 4.31 Å². The standard InChI is InChI=1S/C18H29N3O3S/c1-19-18(22)15-9-11-17(12-10-15)25(23,24)21(14-13-20(2)3)16-7-5-4-6-8-16/h9-12,16H,4-8,13-14H2,1-3H3,(H,19,22). The Morgan fingerprint density at radius 2 is 1.68 bits per heavy atom. The number of rotatable bonds is 7. The van der Waals surface area contributed by atoms with Crippen LogP contribution in [0, 0.1) is 0 Å². The Bertz CT molecular complexity index is 665. The van der Waals surface area contributed by atoms with E-state index in [2.05, 4.69) is 5.32 Å². The molecule has 1 aromatic rings.